The number of furan rings is 3. The fourth-order valence-corrected chi connectivity index (χ4v) is 9.12. The van der Waals surface area contributed by atoms with Crippen LogP contribution in [0.2, 0.25) is 0 Å². The van der Waals surface area contributed by atoms with Gasteiger partial charge in [0, 0.05) is 60.8 Å². The summed E-state index contributed by atoms with van der Waals surface area (Å²) in [6.07, 6.45) is 0. The highest BCUT2D eigenvalue weighted by Crippen LogP contribution is 2.49. The number of fused-ring (bicyclic) bond motifs is 11. The Balaban J connectivity index is 1.11. The molecule has 9 aromatic carbocycles. The predicted octanol–water partition coefficient (Wildman–Crippen LogP) is 16.1. The van der Waals surface area contributed by atoms with Crippen LogP contribution < -0.4 is 9.80 Å². The van der Waals surface area contributed by atoms with Crippen LogP contribution in [0, 0.1) is 13.8 Å². The first-order chi connectivity index (χ1) is 29.1. The van der Waals surface area contributed by atoms with Crippen LogP contribution in [0.15, 0.2) is 195 Å². The molecule has 0 aliphatic heterocycles. The normalized spacial score (nSPS) is 11.9. The van der Waals surface area contributed by atoms with Crippen molar-refractivity contribution in [3.05, 3.63) is 193 Å². The van der Waals surface area contributed by atoms with Crippen molar-refractivity contribution in [1.82, 2.24) is 0 Å². The molecule has 59 heavy (non-hydrogen) atoms. The third kappa shape index (κ3) is 5.18. The van der Waals surface area contributed by atoms with Gasteiger partial charge in [-0.05, 0) is 97.1 Å². The van der Waals surface area contributed by atoms with Crippen LogP contribution in [0.5, 0.6) is 0 Å². The van der Waals surface area contributed by atoms with Crippen molar-refractivity contribution >= 4 is 111 Å². The molecule has 0 N–H and O–H groups in total. The number of hydrogen-bond donors (Lipinski definition) is 0. The summed E-state index contributed by atoms with van der Waals surface area (Å²) in [5, 5.41) is 8.67. The smallest absolute Gasteiger partial charge is 0.159 e. The fourth-order valence-electron chi connectivity index (χ4n) is 9.12. The molecule has 0 saturated heterocycles. The Labute approximate surface area is 339 Å². The van der Waals surface area contributed by atoms with E-state index in [1.54, 1.807) is 0 Å². The third-order valence-electron chi connectivity index (χ3n) is 11.7. The topological polar surface area (TPSA) is 45.9 Å². The number of nitrogens with zero attached hydrogens (tertiary/aromatic N) is 2. The summed E-state index contributed by atoms with van der Waals surface area (Å²) in [6, 6.07) is 64.0. The average molecular weight is 761 g/mol. The number of para-hydroxylation sites is 4. The van der Waals surface area contributed by atoms with Crippen molar-refractivity contribution in [2.45, 2.75) is 13.8 Å². The molecule has 0 atom stereocenters. The van der Waals surface area contributed by atoms with E-state index in [-0.39, 0.29) is 0 Å². The summed E-state index contributed by atoms with van der Waals surface area (Å²) in [7, 11) is 0. The Hall–Kier alpha value is -7.76. The Bertz CT molecular complexity index is 3630. The lowest BCUT2D eigenvalue weighted by atomic mass is 10.00. The largest absolute Gasteiger partial charge is 0.456 e. The SMILES string of the molecule is Cc1cccc(N(c2ccc3oc4cc(N(c5cccc(C)c5)c5cccc6c5oc5ccccc56)c5ccccc5c4c3c2)c2cccc3c2oc2ccccc23)c1. The van der Waals surface area contributed by atoms with Gasteiger partial charge in [0.25, 0.3) is 0 Å². The molecular weight excluding hydrogens is 725 g/mol. The molecule has 0 unspecified atom stereocenters. The molecule has 0 fully saturated rings. The molecule has 0 radical (unpaired) electrons. The standard InChI is InChI=1S/C54H36N2O3/c1-33-13-9-15-35(29-33)55(45-23-11-21-42-39-18-5-7-25-48(39)58-53(42)45)37-27-28-50-44(31-37)52-41-20-4-3-17-38(41)47(32-51(52)57-50)56(36-16-10-14-34(2)30-36)46-24-12-22-43-40-19-6-8-26-49(40)59-54(43)46/h3-32H,1-2H3. The van der Waals surface area contributed by atoms with E-state index < -0.39 is 0 Å². The van der Waals surface area contributed by atoms with Crippen molar-refractivity contribution in [2.24, 2.45) is 0 Å². The maximum Gasteiger partial charge on any atom is 0.159 e. The molecule has 0 spiro atoms. The summed E-state index contributed by atoms with van der Waals surface area (Å²) in [6.45, 7) is 4.27. The van der Waals surface area contributed by atoms with Gasteiger partial charge in [-0.2, -0.15) is 0 Å². The van der Waals surface area contributed by atoms with Crippen molar-refractivity contribution in [2.75, 3.05) is 9.80 Å². The van der Waals surface area contributed by atoms with E-state index in [1.807, 2.05) is 24.3 Å². The second-order valence-electron chi connectivity index (χ2n) is 15.4. The molecule has 3 aromatic heterocycles. The van der Waals surface area contributed by atoms with E-state index in [0.29, 0.717) is 0 Å². The summed E-state index contributed by atoms with van der Waals surface area (Å²) >= 11 is 0. The molecule has 3 heterocycles. The van der Waals surface area contributed by atoms with Gasteiger partial charge in [-0.1, -0.05) is 109 Å². The molecule has 0 bridgehead atoms. The van der Waals surface area contributed by atoms with Gasteiger partial charge in [-0.15, -0.1) is 0 Å². The quantitative estimate of drug-likeness (QED) is 0.169. The molecule has 12 rings (SSSR count). The predicted molar refractivity (Wildman–Crippen MR) is 245 cm³/mol. The Morgan fingerprint density at radius 1 is 0.305 bits per heavy atom. The van der Waals surface area contributed by atoms with Crippen LogP contribution >= 0.6 is 0 Å². The lowest BCUT2D eigenvalue weighted by Gasteiger charge is -2.27. The molecule has 0 amide bonds. The molecule has 5 heteroatoms. The number of aryl methyl sites for hydroxylation is 2. The maximum atomic E-state index is 6.87. The molecule has 0 saturated carbocycles. The van der Waals surface area contributed by atoms with Gasteiger partial charge in [0.15, 0.2) is 11.2 Å². The highest BCUT2D eigenvalue weighted by Gasteiger charge is 2.25. The van der Waals surface area contributed by atoms with E-state index in [0.717, 1.165) is 111 Å². The van der Waals surface area contributed by atoms with E-state index in [4.69, 9.17) is 13.3 Å². The van der Waals surface area contributed by atoms with Crippen molar-refractivity contribution in [3.8, 4) is 0 Å². The van der Waals surface area contributed by atoms with E-state index in [2.05, 4.69) is 181 Å². The zero-order valence-electron chi connectivity index (χ0n) is 32.4. The first-order valence-electron chi connectivity index (χ1n) is 20.0. The zero-order chi connectivity index (χ0) is 39.2. The molecular formula is C54H36N2O3. The highest BCUT2D eigenvalue weighted by molar-refractivity contribution is 6.24. The second kappa shape index (κ2) is 12.9. The summed E-state index contributed by atoms with van der Waals surface area (Å²) in [5.41, 5.74) is 13.4. The van der Waals surface area contributed by atoms with Gasteiger partial charge in [-0.25, -0.2) is 0 Å². The molecule has 280 valence electrons. The van der Waals surface area contributed by atoms with Crippen LogP contribution in [0.3, 0.4) is 0 Å². The minimum atomic E-state index is 0.807. The Morgan fingerprint density at radius 2 is 0.797 bits per heavy atom. The minimum Gasteiger partial charge on any atom is -0.456 e. The van der Waals surface area contributed by atoms with E-state index in [1.165, 1.54) is 11.1 Å². The maximum absolute atomic E-state index is 6.87. The van der Waals surface area contributed by atoms with E-state index >= 15 is 0 Å². The second-order valence-corrected chi connectivity index (χ2v) is 15.4. The van der Waals surface area contributed by atoms with Gasteiger partial charge in [-0.3, -0.25) is 0 Å². The molecule has 12 aromatic rings. The van der Waals surface area contributed by atoms with Crippen LogP contribution in [0.25, 0.3) is 76.6 Å². The van der Waals surface area contributed by atoms with Crippen molar-refractivity contribution in [3.63, 3.8) is 0 Å². The molecule has 0 aliphatic carbocycles. The number of anilines is 6. The number of hydrogen-bond acceptors (Lipinski definition) is 5. The Kier molecular flexibility index (Phi) is 7.29. The lowest BCUT2D eigenvalue weighted by Crippen LogP contribution is -2.11. The van der Waals surface area contributed by atoms with Gasteiger partial charge < -0.3 is 23.1 Å². The fraction of sp³-hybridized carbons (Fsp3) is 0.0370. The van der Waals surface area contributed by atoms with E-state index in [9.17, 15) is 0 Å². The van der Waals surface area contributed by atoms with Crippen molar-refractivity contribution in [1.29, 1.82) is 0 Å². The van der Waals surface area contributed by atoms with Gasteiger partial charge >= 0.3 is 0 Å². The first-order valence-corrected chi connectivity index (χ1v) is 20.0. The monoisotopic (exact) mass is 760 g/mol. The zero-order valence-corrected chi connectivity index (χ0v) is 32.4. The highest BCUT2D eigenvalue weighted by atomic mass is 16.3. The van der Waals surface area contributed by atoms with Crippen molar-refractivity contribution < 1.29 is 13.3 Å². The minimum absolute atomic E-state index is 0.807. The van der Waals surface area contributed by atoms with Crippen LogP contribution in [-0.4, -0.2) is 0 Å². The average Bonchev–Trinajstić information content (AvgIpc) is 3.96. The summed E-state index contributed by atoms with van der Waals surface area (Å²) in [4.78, 5) is 4.63. The third-order valence-corrected chi connectivity index (χ3v) is 11.7. The summed E-state index contributed by atoms with van der Waals surface area (Å²) < 4.78 is 20.2. The number of benzene rings is 9. The molecule has 0 aliphatic rings. The lowest BCUT2D eigenvalue weighted by molar-refractivity contribution is 0.667. The van der Waals surface area contributed by atoms with Crippen LogP contribution in [-0.2, 0) is 0 Å². The first kappa shape index (κ1) is 33.4. The van der Waals surface area contributed by atoms with Gasteiger partial charge in [0.2, 0.25) is 0 Å². The molecule has 5 nitrogen and oxygen atoms in total. The van der Waals surface area contributed by atoms with Gasteiger partial charge in [0.1, 0.15) is 22.3 Å². The van der Waals surface area contributed by atoms with Gasteiger partial charge in [0.05, 0.1) is 17.1 Å². The summed E-state index contributed by atoms with van der Waals surface area (Å²) in [5.74, 6) is 0. The Morgan fingerprint density at radius 3 is 1.42 bits per heavy atom. The van der Waals surface area contributed by atoms with Crippen LogP contribution in [0.1, 0.15) is 11.1 Å². The van der Waals surface area contributed by atoms with Crippen LogP contribution in [0.4, 0.5) is 34.1 Å². The number of rotatable bonds is 6.